The molecule has 0 aliphatic carbocycles. The number of methoxy groups -OCH3 is 1. The van der Waals surface area contributed by atoms with Gasteiger partial charge in [-0.3, -0.25) is 0 Å². The summed E-state index contributed by atoms with van der Waals surface area (Å²) < 4.78 is 4.74. The number of fused-ring (bicyclic) bond motifs is 1. The van der Waals surface area contributed by atoms with Crippen LogP contribution in [0.15, 0.2) is 48.5 Å². The van der Waals surface area contributed by atoms with Crippen molar-refractivity contribution in [1.82, 2.24) is 4.98 Å². The van der Waals surface area contributed by atoms with Gasteiger partial charge in [0.15, 0.2) is 0 Å². The predicted molar refractivity (Wildman–Crippen MR) is 80.1 cm³/mol. The summed E-state index contributed by atoms with van der Waals surface area (Å²) in [5, 5.41) is 1.57. The summed E-state index contributed by atoms with van der Waals surface area (Å²) in [4.78, 5) is 14.7. The van der Waals surface area contributed by atoms with Gasteiger partial charge in [0.2, 0.25) is 0 Å². The van der Waals surface area contributed by atoms with Crippen LogP contribution in [0.4, 0.5) is 0 Å². The van der Waals surface area contributed by atoms with Gasteiger partial charge >= 0.3 is 5.97 Å². The van der Waals surface area contributed by atoms with Gasteiger partial charge in [0.25, 0.3) is 0 Å². The lowest BCUT2D eigenvalue weighted by Crippen LogP contribution is -2.00. The number of aromatic amines is 1. The van der Waals surface area contributed by atoms with Crippen LogP contribution in [-0.4, -0.2) is 18.1 Å². The van der Waals surface area contributed by atoms with E-state index >= 15 is 0 Å². The van der Waals surface area contributed by atoms with E-state index in [0.717, 1.165) is 22.0 Å². The number of hydrogen-bond acceptors (Lipinski definition) is 2. The van der Waals surface area contributed by atoms with Gasteiger partial charge in [0.1, 0.15) is 5.69 Å². The number of ether oxygens (including phenoxy) is 1. The molecular formula is C16H12ClNO2. The van der Waals surface area contributed by atoms with Crippen molar-refractivity contribution < 1.29 is 9.53 Å². The molecule has 1 N–H and O–H groups in total. The van der Waals surface area contributed by atoms with Crippen LogP contribution < -0.4 is 0 Å². The molecule has 0 aliphatic rings. The first-order valence-electron chi connectivity index (χ1n) is 6.15. The van der Waals surface area contributed by atoms with Crippen molar-refractivity contribution in [2.24, 2.45) is 0 Å². The lowest BCUT2D eigenvalue weighted by atomic mass is 10.0. The second kappa shape index (κ2) is 5.02. The fourth-order valence-corrected chi connectivity index (χ4v) is 2.50. The standard InChI is InChI=1S/C16H12ClNO2/c1-20-16(19)15-9-13-12(10-5-3-2-4-6-10)7-11(17)8-14(13)18-15/h2-9,18H,1H3. The first-order chi connectivity index (χ1) is 9.69. The van der Waals surface area contributed by atoms with Gasteiger partial charge in [-0.25, -0.2) is 4.79 Å². The Bertz CT molecular complexity index is 778. The summed E-state index contributed by atoms with van der Waals surface area (Å²) in [5.74, 6) is -0.392. The molecule has 3 rings (SSSR count). The second-order valence-electron chi connectivity index (χ2n) is 4.46. The van der Waals surface area contributed by atoms with Gasteiger partial charge in [0, 0.05) is 15.9 Å². The average Bonchev–Trinajstić information content (AvgIpc) is 2.90. The highest BCUT2D eigenvalue weighted by Crippen LogP contribution is 2.32. The first kappa shape index (κ1) is 12.8. The van der Waals surface area contributed by atoms with Crippen LogP contribution in [0.3, 0.4) is 0 Å². The van der Waals surface area contributed by atoms with Crippen molar-refractivity contribution >= 4 is 28.5 Å². The topological polar surface area (TPSA) is 42.1 Å². The molecule has 1 heterocycles. The predicted octanol–water partition coefficient (Wildman–Crippen LogP) is 4.27. The lowest BCUT2D eigenvalue weighted by Gasteiger charge is -2.04. The van der Waals surface area contributed by atoms with E-state index in [0.29, 0.717) is 10.7 Å². The molecule has 3 aromatic rings. The zero-order valence-corrected chi connectivity index (χ0v) is 11.6. The summed E-state index contributed by atoms with van der Waals surface area (Å²) in [6, 6.07) is 15.4. The average molecular weight is 286 g/mol. The Morgan fingerprint density at radius 2 is 1.90 bits per heavy atom. The molecule has 0 unspecified atom stereocenters. The number of H-pyrrole nitrogens is 1. The Labute approximate surface area is 121 Å². The molecule has 0 saturated carbocycles. The minimum Gasteiger partial charge on any atom is -0.464 e. The molecule has 2 aromatic carbocycles. The number of esters is 1. The van der Waals surface area contributed by atoms with Gasteiger partial charge in [0.05, 0.1) is 7.11 Å². The van der Waals surface area contributed by atoms with Gasteiger partial charge in [-0.1, -0.05) is 41.9 Å². The maximum Gasteiger partial charge on any atom is 0.354 e. The van der Waals surface area contributed by atoms with Crippen molar-refractivity contribution in [3.63, 3.8) is 0 Å². The van der Waals surface area contributed by atoms with Crippen molar-refractivity contribution in [2.45, 2.75) is 0 Å². The van der Waals surface area contributed by atoms with Crippen molar-refractivity contribution in [1.29, 1.82) is 0 Å². The summed E-state index contributed by atoms with van der Waals surface area (Å²) in [7, 11) is 1.36. The van der Waals surface area contributed by atoms with E-state index in [1.165, 1.54) is 7.11 Å². The SMILES string of the molecule is COC(=O)c1cc2c(-c3ccccc3)cc(Cl)cc2[nH]1. The molecule has 20 heavy (non-hydrogen) atoms. The van der Waals surface area contributed by atoms with Crippen molar-refractivity contribution in [3.05, 3.63) is 59.2 Å². The molecule has 0 amide bonds. The zero-order valence-electron chi connectivity index (χ0n) is 10.8. The molecule has 0 bridgehead atoms. The van der Waals surface area contributed by atoms with Crippen LogP contribution in [0.1, 0.15) is 10.5 Å². The number of rotatable bonds is 2. The third kappa shape index (κ3) is 2.17. The molecule has 0 spiro atoms. The monoisotopic (exact) mass is 285 g/mol. The lowest BCUT2D eigenvalue weighted by molar-refractivity contribution is 0.0595. The molecule has 0 radical (unpaired) electrons. The fourth-order valence-electron chi connectivity index (χ4n) is 2.28. The minimum absolute atomic E-state index is 0.392. The molecule has 1 aromatic heterocycles. The normalized spacial score (nSPS) is 10.7. The molecule has 100 valence electrons. The smallest absolute Gasteiger partial charge is 0.354 e. The van der Waals surface area contributed by atoms with Gasteiger partial charge in [-0.05, 0) is 29.3 Å². The van der Waals surface area contributed by atoms with Gasteiger partial charge in [-0.2, -0.15) is 0 Å². The minimum atomic E-state index is -0.392. The van der Waals surface area contributed by atoms with Crippen LogP contribution >= 0.6 is 11.6 Å². The van der Waals surface area contributed by atoms with Crippen LogP contribution in [-0.2, 0) is 4.74 Å². The quantitative estimate of drug-likeness (QED) is 0.714. The molecule has 0 fully saturated rings. The highest BCUT2D eigenvalue weighted by molar-refractivity contribution is 6.32. The fraction of sp³-hybridized carbons (Fsp3) is 0.0625. The number of aromatic nitrogens is 1. The largest absolute Gasteiger partial charge is 0.464 e. The Balaban J connectivity index is 2.26. The van der Waals surface area contributed by atoms with E-state index < -0.39 is 5.97 Å². The third-order valence-electron chi connectivity index (χ3n) is 3.19. The van der Waals surface area contributed by atoms with E-state index in [1.807, 2.05) is 36.4 Å². The number of nitrogens with one attached hydrogen (secondary N) is 1. The molecule has 4 heteroatoms. The van der Waals surface area contributed by atoms with Crippen LogP contribution in [0.5, 0.6) is 0 Å². The molecular weight excluding hydrogens is 274 g/mol. The highest BCUT2D eigenvalue weighted by Gasteiger charge is 2.13. The molecule has 0 atom stereocenters. The second-order valence-corrected chi connectivity index (χ2v) is 4.89. The van der Waals surface area contributed by atoms with E-state index in [9.17, 15) is 4.79 Å². The number of hydrogen-bond donors (Lipinski definition) is 1. The first-order valence-corrected chi connectivity index (χ1v) is 6.53. The summed E-state index contributed by atoms with van der Waals surface area (Å²) in [5.41, 5.74) is 3.27. The van der Waals surface area contributed by atoms with E-state index in [2.05, 4.69) is 4.98 Å². The van der Waals surface area contributed by atoms with Crippen molar-refractivity contribution in [3.8, 4) is 11.1 Å². The van der Waals surface area contributed by atoms with Gasteiger partial charge < -0.3 is 9.72 Å². The van der Waals surface area contributed by atoms with Gasteiger partial charge in [-0.15, -0.1) is 0 Å². The molecule has 3 nitrogen and oxygen atoms in total. The highest BCUT2D eigenvalue weighted by atomic mass is 35.5. The summed E-state index contributed by atoms with van der Waals surface area (Å²) in [6.07, 6.45) is 0. The zero-order chi connectivity index (χ0) is 14.1. The summed E-state index contributed by atoms with van der Waals surface area (Å²) >= 11 is 6.16. The summed E-state index contributed by atoms with van der Waals surface area (Å²) in [6.45, 7) is 0. The number of halogens is 1. The Hall–Kier alpha value is -2.26. The van der Waals surface area contributed by atoms with Crippen LogP contribution in [0.25, 0.3) is 22.0 Å². The Morgan fingerprint density at radius 1 is 1.15 bits per heavy atom. The molecule has 0 saturated heterocycles. The van der Waals surface area contributed by atoms with E-state index in [4.69, 9.17) is 16.3 Å². The maximum absolute atomic E-state index is 11.6. The van der Waals surface area contributed by atoms with E-state index in [-0.39, 0.29) is 0 Å². The molecule has 0 aliphatic heterocycles. The number of carbonyl (C=O) groups is 1. The Morgan fingerprint density at radius 3 is 2.60 bits per heavy atom. The third-order valence-corrected chi connectivity index (χ3v) is 3.41. The number of carbonyl (C=O) groups excluding carboxylic acids is 1. The van der Waals surface area contributed by atoms with Crippen LogP contribution in [0.2, 0.25) is 5.02 Å². The van der Waals surface area contributed by atoms with Crippen molar-refractivity contribution in [2.75, 3.05) is 7.11 Å². The maximum atomic E-state index is 11.6. The number of benzene rings is 2. The Kier molecular flexibility index (Phi) is 3.20. The van der Waals surface area contributed by atoms with E-state index in [1.54, 1.807) is 12.1 Å². The van der Waals surface area contributed by atoms with Crippen LogP contribution in [0, 0.1) is 0 Å².